The van der Waals surface area contributed by atoms with E-state index in [-0.39, 0.29) is 5.60 Å². The van der Waals surface area contributed by atoms with Gasteiger partial charge in [0.05, 0.1) is 11.2 Å². The minimum absolute atomic E-state index is 0.00419. The molecule has 2 rings (SSSR count). The normalized spacial score (nSPS) is 20.7. The zero-order valence-electron chi connectivity index (χ0n) is 8.67. The number of ether oxygens (including phenoxy) is 1. The molecule has 14 heavy (non-hydrogen) atoms. The maximum absolute atomic E-state index is 5.98. The van der Waals surface area contributed by atoms with Gasteiger partial charge in [-0.15, -0.1) is 0 Å². The van der Waals surface area contributed by atoms with Crippen LogP contribution >= 0.6 is 11.3 Å². The standard InChI is InChI=1S/C10H16N2OS/c1-8-12-7-9(14-8)13-10(2)3-5-11-6-4-10/h7,11H,3-6H2,1-2H3. The molecule has 1 N–H and O–H groups in total. The molecule has 1 aromatic heterocycles. The van der Waals surface area contributed by atoms with Gasteiger partial charge in [-0.1, -0.05) is 11.3 Å². The Kier molecular flexibility index (Phi) is 2.74. The van der Waals surface area contributed by atoms with E-state index in [1.165, 1.54) is 0 Å². The third-order valence-electron chi connectivity index (χ3n) is 2.61. The minimum Gasteiger partial charge on any atom is -0.476 e. The fourth-order valence-electron chi connectivity index (χ4n) is 1.69. The molecular weight excluding hydrogens is 196 g/mol. The average Bonchev–Trinajstić information content (AvgIpc) is 2.51. The fourth-order valence-corrected chi connectivity index (χ4v) is 2.43. The van der Waals surface area contributed by atoms with Gasteiger partial charge in [0.2, 0.25) is 0 Å². The van der Waals surface area contributed by atoms with Crippen molar-refractivity contribution in [1.29, 1.82) is 0 Å². The summed E-state index contributed by atoms with van der Waals surface area (Å²) in [6.45, 7) is 6.29. The van der Waals surface area contributed by atoms with Crippen molar-refractivity contribution in [1.82, 2.24) is 10.3 Å². The van der Waals surface area contributed by atoms with Crippen molar-refractivity contribution < 1.29 is 4.74 Å². The van der Waals surface area contributed by atoms with E-state index >= 15 is 0 Å². The molecule has 1 aliphatic rings. The Morgan fingerprint density at radius 2 is 2.21 bits per heavy atom. The summed E-state index contributed by atoms with van der Waals surface area (Å²) < 4.78 is 5.98. The largest absolute Gasteiger partial charge is 0.476 e. The van der Waals surface area contributed by atoms with E-state index in [4.69, 9.17) is 4.74 Å². The molecule has 1 saturated heterocycles. The van der Waals surface area contributed by atoms with Crippen molar-refractivity contribution in [2.45, 2.75) is 32.3 Å². The Labute approximate surface area is 88.5 Å². The first-order valence-electron chi connectivity index (χ1n) is 5.00. The van der Waals surface area contributed by atoms with Crippen LogP contribution in [0.2, 0.25) is 0 Å². The summed E-state index contributed by atoms with van der Waals surface area (Å²) >= 11 is 1.63. The number of aromatic nitrogens is 1. The zero-order chi connectivity index (χ0) is 10.0. The van der Waals surface area contributed by atoms with Gasteiger partial charge in [0.25, 0.3) is 0 Å². The first kappa shape index (κ1) is 9.93. The second-order valence-corrected chi connectivity index (χ2v) is 5.20. The number of thiazole rings is 1. The fraction of sp³-hybridized carbons (Fsp3) is 0.700. The molecule has 0 aromatic carbocycles. The van der Waals surface area contributed by atoms with E-state index in [1.54, 1.807) is 11.3 Å². The Bertz CT molecular complexity index is 305. The van der Waals surface area contributed by atoms with Gasteiger partial charge in [0.15, 0.2) is 5.06 Å². The van der Waals surface area contributed by atoms with Gasteiger partial charge in [0, 0.05) is 0 Å². The number of nitrogens with one attached hydrogen (secondary N) is 1. The molecule has 0 saturated carbocycles. The highest BCUT2D eigenvalue weighted by molar-refractivity contribution is 7.13. The van der Waals surface area contributed by atoms with Crippen LogP contribution in [-0.2, 0) is 0 Å². The first-order valence-corrected chi connectivity index (χ1v) is 5.82. The maximum atomic E-state index is 5.98. The second-order valence-electron chi connectivity index (χ2n) is 4.00. The van der Waals surface area contributed by atoms with Crippen molar-refractivity contribution in [2.24, 2.45) is 0 Å². The predicted molar refractivity (Wildman–Crippen MR) is 58.0 cm³/mol. The van der Waals surface area contributed by atoms with Crippen LogP contribution in [0.15, 0.2) is 6.20 Å². The monoisotopic (exact) mass is 212 g/mol. The van der Waals surface area contributed by atoms with Crippen LogP contribution in [0.25, 0.3) is 0 Å². The first-order chi connectivity index (χ1) is 6.68. The number of hydrogen-bond acceptors (Lipinski definition) is 4. The van der Waals surface area contributed by atoms with Gasteiger partial charge >= 0.3 is 0 Å². The van der Waals surface area contributed by atoms with E-state index in [0.717, 1.165) is 36.0 Å². The van der Waals surface area contributed by atoms with Gasteiger partial charge in [-0.25, -0.2) is 4.98 Å². The molecule has 1 aliphatic heterocycles. The molecule has 1 fully saturated rings. The number of piperidine rings is 1. The smallest absolute Gasteiger partial charge is 0.194 e. The van der Waals surface area contributed by atoms with E-state index in [2.05, 4.69) is 17.2 Å². The molecule has 78 valence electrons. The molecule has 0 amide bonds. The average molecular weight is 212 g/mol. The number of nitrogens with zero attached hydrogens (tertiary/aromatic N) is 1. The molecule has 0 spiro atoms. The lowest BCUT2D eigenvalue weighted by Gasteiger charge is -2.33. The van der Waals surface area contributed by atoms with Gasteiger partial charge in [-0.05, 0) is 39.8 Å². The number of hydrogen-bond donors (Lipinski definition) is 1. The minimum atomic E-state index is 0.00419. The Balaban J connectivity index is 2.01. The van der Waals surface area contributed by atoms with Crippen LogP contribution in [0.3, 0.4) is 0 Å². The number of aryl methyl sites for hydroxylation is 1. The molecule has 4 heteroatoms. The molecule has 0 aliphatic carbocycles. The lowest BCUT2D eigenvalue weighted by Crippen LogP contribution is -2.43. The van der Waals surface area contributed by atoms with Gasteiger partial charge in [0.1, 0.15) is 5.60 Å². The van der Waals surface area contributed by atoms with Crippen LogP contribution in [-0.4, -0.2) is 23.7 Å². The van der Waals surface area contributed by atoms with Crippen molar-refractivity contribution in [2.75, 3.05) is 13.1 Å². The summed E-state index contributed by atoms with van der Waals surface area (Å²) in [7, 11) is 0. The molecule has 0 bridgehead atoms. The Hall–Kier alpha value is -0.610. The SMILES string of the molecule is Cc1ncc(OC2(C)CCNCC2)s1. The van der Waals surface area contributed by atoms with Crippen molar-refractivity contribution in [3.05, 3.63) is 11.2 Å². The summed E-state index contributed by atoms with van der Waals surface area (Å²) in [6, 6.07) is 0. The summed E-state index contributed by atoms with van der Waals surface area (Å²) in [4.78, 5) is 4.19. The van der Waals surface area contributed by atoms with Crippen LogP contribution in [0.5, 0.6) is 5.06 Å². The van der Waals surface area contributed by atoms with Gasteiger partial charge in [-0.3, -0.25) is 0 Å². The summed E-state index contributed by atoms with van der Waals surface area (Å²) in [5, 5.41) is 5.36. The third-order valence-corrected chi connectivity index (χ3v) is 3.40. The zero-order valence-corrected chi connectivity index (χ0v) is 9.49. The topological polar surface area (TPSA) is 34.1 Å². The highest BCUT2D eigenvalue weighted by Gasteiger charge is 2.29. The quantitative estimate of drug-likeness (QED) is 0.814. The van der Waals surface area contributed by atoms with E-state index in [1.807, 2.05) is 13.1 Å². The lowest BCUT2D eigenvalue weighted by molar-refractivity contribution is 0.0594. The Morgan fingerprint density at radius 3 is 2.79 bits per heavy atom. The lowest BCUT2D eigenvalue weighted by atomic mass is 9.95. The predicted octanol–water partition coefficient (Wildman–Crippen LogP) is 1.97. The summed E-state index contributed by atoms with van der Waals surface area (Å²) in [5.74, 6) is 0. The Morgan fingerprint density at radius 1 is 1.50 bits per heavy atom. The van der Waals surface area contributed by atoms with Crippen molar-refractivity contribution in [3.63, 3.8) is 0 Å². The summed E-state index contributed by atoms with van der Waals surface area (Å²) in [6.07, 6.45) is 3.97. The van der Waals surface area contributed by atoms with Crippen LogP contribution in [0.1, 0.15) is 24.8 Å². The highest BCUT2D eigenvalue weighted by Crippen LogP contribution is 2.29. The number of rotatable bonds is 2. The third kappa shape index (κ3) is 2.25. The molecule has 3 nitrogen and oxygen atoms in total. The second kappa shape index (κ2) is 3.87. The van der Waals surface area contributed by atoms with Crippen LogP contribution in [0.4, 0.5) is 0 Å². The molecule has 0 atom stereocenters. The molecule has 2 heterocycles. The molecule has 0 radical (unpaired) electrons. The van der Waals surface area contributed by atoms with Crippen molar-refractivity contribution >= 4 is 11.3 Å². The highest BCUT2D eigenvalue weighted by atomic mass is 32.1. The van der Waals surface area contributed by atoms with E-state index < -0.39 is 0 Å². The van der Waals surface area contributed by atoms with Gasteiger partial charge < -0.3 is 10.1 Å². The van der Waals surface area contributed by atoms with E-state index in [0.29, 0.717) is 0 Å². The molecule has 0 unspecified atom stereocenters. The van der Waals surface area contributed by atoms with Crippen molar-refractivity contribution in [3.8, 4) is 5.06 Å². The van der Waals surface area contributed by atoms with Crippen LogP contribution < -0.4 is 10.1 Å². The van der Waals surface area contributed by atoms with E-state index in [9.17, 15) is 0 Å². The molecular formula is C10H16N2OS. The molecule has 1 aromatic rings. The maximum Gasteiger partial charge on any atom is 0.194 e. The van der Waals surface area contributed by atoms with Gasteiger partial charge in [-0.2, -0.15) is 0 Å². The summed E-state index contributed by atoms with van der Waals surface area (Å²) in [5.41, 5.74) is 0.00419. The van der Waals surface area contributed by atoms with Crippen LogP contribution in [0, 0.1) is 6.92 Å².